The SMILES string of the molecule is [CH2]CC1=NOC(CCOc2ccccc2)C1. The Labute approximate surface area is 96.1 Å². The van der Waals surface area contributed by atoms with Crippen molar-refractivity contribution in [3.63, 3.8) is 0 Å². The second-order valence-corrected chi connectivity index (χ2v) is 3.79. The summed E-state index contributed by atoms with van der Waals surface area (Å²) in [6.07, 6.45) is 2.65. The molecule has 0 spiro atoms. The van der Waals surface area contributed by atoms with Crippen LogP contribution >= 0.6 is 0 Å². The number of benzene rings is 1. The molecule has 0 amide bonds. The quantitative estimate of drug-likeness (QED) is 0.760. The second-order valence-electron chi connectivity index (χ2n) is 3.79. The Kier molecular flexibility index (Phi) is 3.81. The van der Waals surface area contributed by atoms with Gasteiger partial charge in [-0.2, -0.15) is 0 Å². The topological polar surface area (TPSA) is 30.8 Å². The van der Waals surface area contributed by atoms with Crippen molar-refractivity contribution in [3.05, 3.63) is 37.3 Å². The molecule has 1 unspecified atom stereocenters. The maximum absolute atomic E-state index is 5.59. The van der Waals surface area contributed by atoms with Gasteiger partial charge in [0.2, 0.25) is 0 Å². The molecule has 0 N–H and O–H groups in total. The van der Waals surface area contributed by atoms with E-state index in [0.717, 1.165) is 30.7 Å². The first-order chi connectivity index (χ1) is 7.88. The molecule has 0 bridgehead atoms. The lowest BCUT2D eigenvalue weighted by Gasteiger charge is -2.09. The van der Waals surface area contributed by atoms with Gasteiger partial charge in [-0.25, -0.2) is 0 Å². The summed E-state index contributed by atoms with van der Waals surface area (Å²) in [5.41, 5.74) is 1.05. The van der Waals surface area contributed by atoms with Gasteiger partial charge < -0.3 is 9.57 Å². The van der Waals surface area contributed by atoms with Crippen molar-refractivity contribution in [1.82, 2.24) is 0 Å². The zero-order valence-corrected chi connectivity index (χ0v) is 9.26. The molecule has 0 saturated carbocycles. The minimum absolute atomic E-state index is 0.167. The van der Waals surface area contributed by atoms with Crippen molar-refractivity contribution in [3.8, 4) is 5.75 Å². The lowest BCUT2D eigenvalue weighted by Crippen LogP contribution is -2.12. The number of para-hydroxylation sites is 1. The van der Waals surface area contributed by atoms with Crippen LogP contribution in [0.25, 0.3) is 0 Å². The Hall–Kier alpha value is -1.51. The van der Waals surface area contributed by atoms with Crippen LogP contribution in [-0.2, 0) is 4.84 Å². The molecule has 1 aliphatic rings. The van der Waals surface area contributed by atoms with Gasteiger partial charge in [0.1, 0.15) is 11.9 Å². The van der Waals surface area contributed by atoms with Crippen molar-refractivity contribution in [1.29, 1.82) is 0 Å². The van der Waals surface area contributed by atoms with E-state index in [1.54, 1.807) is 0 Å². The fourth-order valence-corrected chi connectivity index (χ4v) is 1.61. The molecule has 0 saturated heterocycles. The molecule has 3 heteroatoms. The Bertz CT molecular complexity index is 348. The van der Waals surface area contributed by atoms with E-state index in [1.807, 2.05) is 30.3 Å². The molecule has 1 atom stereocenters. The van der Waals surface area contributed by atoms with Crippen LogP contribution in [0.4, 0.5) is 0 Å². The van der Waals surface area contributed by atoms with Crippen molar-refractivity contribution in [2.75, 3.05) is 6.61 Å². The molecule has 1 aromatic carbocycles. The largest absolute Gasteiger partial charge is 0.493 e. The molecule has 85 valence electrons. The Morgan fingerprint density at radius 2 is 2.19 bits per heavy atom. The number of hydrogen-bond acceptors (Lipinski definition) is 3. The number of ether oxygens (including phenoxy) is 1. The van der Waals surface area contributed by atoms with E-state index < -0.39 is 0 Å². The first-order valence-electron chi connectivity index (χ1n) is 5.57. The van der Waals surface area contributed by atoms with Crippen LogP contribution in [0.2, 0.25) is 0 Å². The lowest BCUT2D eigenvalue weighted by atomic mass is 10.1. The summed E-state index contributed by atoms with van der Waals surface area (Å²) in [5.74, 6) is 0.902. The standard InChI is InChI=1S/C13H16NO2/c1-2-11-10-13(16-14-11)8-9-15-12-6-4-3-5-7-12/h3-7,13H,1-2,8-10H2. The molecular weight excluding hydrogens is 202 g/mol. The highest BCUT2D eigenvalue weighted by molar-refractivity contribution is 5.85. The third-order valence-corrected chi connectivity index (χ3v) is 2.53. The summed E-state index contributed by atoms with van der Waals surface area (Å²) in [4.78, 5) is 5.26. The van der Waals surface area contributed by atoms with Crippen LogP contribution < -0.4 is 4.74 Å². The molecule has 1 heterocycles. The zero-order chi connectivity index (χ0) is 11.2. The summed E-state index contributed by atoms with van der Waals surface area (Å²) in [6.45, 7) is 4.45. The Balaban J connectivity index is 1.66. The van der Waals surface area contributed by atoms with Gasteiger partial charge in [0, 0.05) is 12.8 Å². The molecule has 2 rings (SSSR count). The number of nitrogens with zero attached hydrogens (tertiary/aromatic N) is 1. The van der Waals surface area contributed by atoms with E-state index in [-0.39, 0.29) is 6.10 Å². The van der Waals surface area contributed by atoms with Gasteiger partial charge >= 0.3 is 0 Å². The predicted molar refractivity (Wildman–Crippen MR) is 63.5 cm³/mol. The summed E-state index contributed by atoms with van der Waals surface area (Å²) in [7, 11) is 0. The minimum Gasteiger partial charge on any atom is -0.493 e. The van der Waals surface area contributed by atoms with Gasteiger partial charge in [0.05, 0.1) is 12.3 Å². The van der Waals surface area contributed by atoms with E-state index in [4.69, 9.17) is 9.57 Å². The molecule has 0 aliphatic carbocycles. The van der Waals surface area contributed by atoms with E-state index >= 15 is 0 Å². The van der Waals surface area contributed by atoms with E-state index in [0.29, 0.717) is 6.61 Å². The van der Waals surface area contributed by atoms with Crippen molar-refractivity contribution >= 4 is 5.71 Å². The average molecular weight is 218 g/mol. The van der Waals surface area contributed by atoms with E-state index in [1.165, 1.54) is 0 Å². The molecule has 0 aromatic heterocycles. The monoisotopic (exact) mass is 218 g/mol. The van der Waals surface area contributed by atoms with Gasteiger partial charge in [-0.15, -0.1) is 0 Å². The van der Waals surface area contributed by atoms with Crippen LogP contribution in [0.1, 0.15) is 19.3 Å². The molecule has 0 fully saturated rings. The molecule has 1 aliphatic heterocycles. The highest BCUT2D eigenvalue weighted by atomic mass is 16.6. The van der Waals surface area contributed by atoms with Crippen LogP contribution in [-0.4, -0.2) is 18.4 Å². The number of hydrogen-bond donors (Lipinski definition) is 0. The first kappa shape index (κ1) is 11.0. The smallest absolute Gasteiger partial charge is 0.136 e. The van der Waals surface area contributed by atoms with Gasteiger partial charge in [-0.3, -0.25) is 0 Å². The van der Waals surface area contributed by atoms with Crippen molar-refractivity contribution < 1.29 is 9.57 Å². The van der Waals surface area contributed by atoms with Gasteiger partial charge in [0.15, 0.2) is 0 Å². The second kappa shape index (κ2) is 5.54. The predicted octanol–water partition coefficient (Wildman–Crippen LogP) is 2.82. The van der Waals surface area contributed by atoms with Gasteiger partial charge in [-0.1, -0.05) is 23.4 Å². The highest BCUT2D eigenvalue weighted by Crippen LogP contribution is 2.16. The molecule has 1 aromatic rings. The van der Waals surface area contributed by atoms with Crippen LogP contribution in [0.15, 0.2) is 35.5 Å². The number of oxime groups is 1. The van der Waals surface area contributed by atoms with Crippen LogP contribution in [0.3, 0.4) is 0 Å². The van der Waals surface area contributed by atoms with Gasteiger partial charge in [-0.05, 0) is 25.5 Å². The fraction of sp³-hybridized carbons (Fsp3) is 0.385. The van der Waals surface area contributed by atoms with Crippen molar-refractivity contribution in [2.45, 2.75) is 25.4 Å². The Morgan fingerprint density at radius 3 is 2.88 bits per heavy atom. The molecule has 3 nitrogen and oxygen atoms in total. The molecule has 16 heavy (non-hydrogen) atoms. The maximum atomic E-state index is 5.59. The highest BCUT2D eigenvalue weighted by Gasteiger charge is 2.19. The zero-order valence-electron chi connectivity index (χ0n) is 9.26. The van der Waals surface area contributed by atoms with Crippen LogP contribution in [0, 0.1) is 6.92 Å². The van der Waals surface area contributed by atoms with E-state index in [9.17, 15) is 0 Å². The Morgan fingerprint density at radius 1 is 1.38 bits per heavy atom. The van der Waals surface area contributed by atoms with Crippen molar-refractivity contribution in [2.24, 2.45) is 5.16 Å². The third kappa shape index (κ3) is 2.99. The number of rotatable bonds is 5. The maximum Gasteiger partial charge on any atom is 0.136 e. The van der Waals surface area contributed by atoms with Gasteiger partial charge in [0.25, 0.3) is 0 Å². The summed E-state index contributed by atoms with van der Waals surface area (Å²) in [5, 5.41) is 3.96. The first-order valence-corrected chi connectivity index (χ1v) is 5.57. The normalized spacial score (nSPS) is 19.1. The summed E-state index contributed by atoms with van der Waals surface area (Å²) in [6, 6.07) is 9.80. The summed E-state index contributed by atoms with van der Waals surface area (Å²) < 4.78 is 5.59. The molecule has 1 radical (unpaired) electrons. The van der Waals surface area contributed by atoms with Crippen LogP contribution in [0.5, 0.6) is 5.75 Å². The minimum atomic E-state index is 0.167. The average Bonchev–Trinajstić information content (AvgIpc) is 2.78. The van der Waals surface area contributed by atoms with E-state index in [2.05, 4.69) is 12.1 Å². The summed E-state index contributed by atoms with van der Waals surface area (Å²) >= 11 is 0. The lowest BCUT2D eigenvalue weighted by molar-refractivity contribution is 0.0675. The third-order valence-electron chi connectivity index (χ3n) is 2.53. The molecular formula is C13H16NO2. The fourth-order valence-electron chi connectivity index (χ4n) is 1.61.